The van der Waals surface area contributed by atoms with Gasteiger partial charge in [0.05, 0.1) is 11.1 Å². The maximum atomic E-state index is 14.0. The van der Waals surface area contributed by atoms with Crippen LogP contribution in [0.1, 0.15) is 24.2 Å². The van der Waals surface area contributed by atoms with Crippen molar-refractivity contribution in [2.75, 3.05) is 6.61 Å². The van der Waals surface area contributed by atoms with E-state index >= 15 is 0 Å². The monoisotopic (exact) mass is 307 g/mol. The Kier molecular flexibility index (Phi) is 5.74. The second-order valence-corrected chi connectivity index (χ2v) is 5.27. The standard InChI is InChI=1S/C17H19ClFNO/c1-2-21-17(12-7-4-3-5-8-12)15(20)11-13-9-6-10-14(18)16(13)19/h3-10,15,17H,2,11,20H2,1H3. The van der Waals surface area contributed by atoms with Crippen LogP contribution in [0.15, 0.2) is 48.5 Å². The van der Waals surface area contributed by atoms with Crippen molar-refractivity contribution >= 4 is 11.6 Å². The number of benzene rings is 2. The Hall–Kier alpha value is -1.42. The molecule has 0 spiro atoms. The van der Waals surface area contributed by atoms with E-state index in [0.29, 0.717) is 18.6 Å². The minimum atomic E-state index is -0.405. The number of hydrogen-bond donors (Lipinski definition) is 1. The highest BCUT2D eigenvalue weighted by molar-refractivity contribution is 6.30. The van der Waals surface area contributed by atoms with Gasteiger partial charge in [0.1, 0.15) is 5.82 Å². The van der Waals surface area contributed by atoms with Gasteiger partial charge in [0, 0.05) is 12.6 Å². The summed E-state index contributed by atoms with van der Waals surface area (Å²) in [5, 5.41) is 0.118. The number of nitrogens with two attached hydrogens (primary N) is 1. The minimum Gasteiger partial charge on any atom is -0.372 e. The van der Waals surface area contributed by atoms with Gasteiger partial charge in [-0.2, -0.15) is 0 Å². The Balaban J connectivity index is 2.19. The van der Waals surface area contributed by atoms with Gasteiger partial charge in [-0.3, -0.25) is 0 Å². The van der Waals surface area contributed by atoms with Gasteiger partial charge in [0.2, 0.25) is 0 Å². The molecule has 0 bridgehead atoms. The lowest BCUT2D eigenvalue weighted by Crippen LogP contribution is -2.32. The van der Waals surface area contributed by atoms with E-state index in [9.17, 15) is 4.39 Å². The summed E-state index contributed by atoms with van der Waals surface area (Å²) in [5.41, 5.74) is 7.76. The Bertz CT molecular complexity index is 576. The van der Waals surface area contributed by atoms with E-state index in [2.05, 4.69) is 0 Å². The Labute approximate surface area is 129 Å². The zero-order valence-electron chi connectivity index (χ0n) is 11.9. The second-order valence-electron chi connectivity index (χ2n) is 4.87. The van der Waals surface area contributed by atoms with Crippen molar-refractivity contribution in [3.05, 3.63) is 70.5 Å². The van der Waals surface area contributed by atoms with E-state index in [1.807, 2.05) is 37.3 Å². The zero-order chi connectivity index (χ0) is 15.2. The van der Waals surface area contributed by atoms with Crippen LogP contribution in [0.2, 0.25) is 5.02 Å². The van der Waals surface area contributed by atoms with Gasteiger partial charge in [-0.25, -0.2) is 4.39 Å². The molecule has 2 N–H and O–H groups in total. The van der Waals surface area contributed by atoms with Crippen LogP contribution >= 0.6 is 11.6 Å². The first-order valence-electron chi connectivity index (χ1n) is 6.98. The van der Waals surface area contributed by atoms with Crippen molar-refractivity contribution in [3.63, 3.8) is 0 Å². The molecule has 2 aromatic carbocycles. The molecule has 0 saturated carbocycles. The minimum absolute atomic E-state index is 0.118. The molecule has 2 nitrogen and oxygen atoms in total. The van der Waals surface area contributed by atoms with Crippen LogP contribution < -0.4 is 5.73 Å². The van der Waals surface area contributed by atoms with Crippen molar-refractivity contribution in [1.29, 1.82) is 0 Å². The SMILES string of the molecule is CCOC(c1ccccc1)C(N)Cc1cccc(Cl)c1F. The molecule has 0 radical (unpaired) electrons. The van der Waals surface area contributed by atoms with E-state index in [4.69, 9.17) is 22.1 Å². The zero-order valence-corrected chi connectivity index (χ0v) is 12.7. The molecular formula is C17H19ClFNO. The largest absolute Gasteiger partial charge is 0.372 e. The van der Waals surface area contributed by atoms with Crippen LogP contribution in [-0.2, 0) is 11.2 Å². The van der Waals surface area contributed by atoms with E-state index in [1.54, 1.807) is 12.1 Å². The van der Waals surface area contributed by atoms with E-state index in [1.165, 1.54) is 6.07 Å². The summed E-state index contributed by atoms with van der Waals surface area (Å²) in [6.45, 7) is 2.47. The third kappa shape index (κ3) is 4.03. The average molecular weight is 308 g/mol. The van der Waals surface area contributed by atoms with Crippen LogP contribution in [-0.4, -0.2) is 12.6 Å². The lowest BCUT2D eigenvalue weighted by molar-refractivity contribution is 0.0431. The van der Waals surface area contributed by atoms with Crippen LogP contribution in [0, 0.1) is 5.82 Å². The maximum absolute atomic E-state index is 14.0. The van der Waals surface area contributed by atoms with Crippen LogP contribution in [0.25, 0.3) is 0 Å². The summed E-state index contributed by atoms with van der Waals surface area (Å²) in [6, 6.07) is 14.4. The number of halogens is 2. The lowest BCUT2D eigenvalue weighted by atomic mass is 9.96. The average Bonchev–Trinajstić information content (AvgIpc) is 2.50. The van der Waals surface area contributed by atoms with Crippen molar-refractivity contribution in [1.82, 2.24) is 0 Å². The molecule has 0 saturated heterocycles. The molecule has 2 unspecified atom stereocenters. The molecule has 2 aromatic rings. The Morgan fingerprint density at radius 2 is 1.86 bits per heavy atom. The lowest BCUT2D eigenvalue weighted by Gasteiger charge is -2.24. The molecule has 0 fully saturated rings. The smallest absolute Gasteiger partial charge is 0.145 e. The van der Waals surface area contributed by atoms with Crippen LogP contribution in [0.4, 0.5) is 4.39 Å². The van der Waals surface area contributed by atoms with Gasteiger partial charge in [-0.15, -0.1) is 0 Å². The van der Waals surface area contributed by atoms with Crippen LogP contribution in [0.3, 0.4) is 0 Å². The molecule has 2 atom stereocenters. The predicted molar refractivity (Wildman–Crippen MR) is 83.9 cm³/mol. The van der Waals surface area contributed by atoms with Crippen molar-refractivity contribution in [2.45, 2.75) is 25.5 Å². The summed E-state index contributed by atoms with van der Waals surface area (Å²) < 4.78 is 19.7. The molecule has 2 rings (SSSR count). The normalized spacial score (nSPS) is 13.9. The maximum Gasteiger partial charge on any atom is 0.145 e. The molecule has 0 aromatic heterocycles. The Morgan fingerprint density at radius 1 is 1.14 bits per heavy atom. The van der Waals surface area contributed by atoms with Gasteiger partial charge in [-0.1, -0.05) is 54.1 Å². The van der Waals surface area contributed by atoms with Gasteiger partial charge in [0.25, 0.3) is 0 Å². The van der Waals surface area contributed by atoms with Crippen LogP contribution in [0.5, 0.6) is 0 Å². The molecule has 4 heteroatoms. The van der Waals surface area contributed by atoms with Crippen molar-refractivity contribution in [3.8, 4) is 0 Å². The summed E-state index contributed by atoms with van der Waals surface area (Å²) >= 11 is 5.81. The topological polar surface area (TPSA) is 35.2 Å². The summed E-state index contributed by atoms with van der Waals surface area (Å²) in [5.74, 6) is -0.405. The van der Waals surface area contributed by atoms with Gasteiger partial charge in [0.15, 0.2) is 0 Å². The third-order valence-corrected chi connectivity index (χ3v) is 3.64. The molecule has 0 aliphatic rings. The van der Waals surface area contributed by atoms with Gasteiger partial charge >= 0.3 is 0 Å². The molecular weight excluding hydrogens is 289 g/mol. The first-order valence-corrected chi connectivity index (χ1v) is 7.36. The first kappa shape index (κ1) is 16.0. The van der Waals surface area contributed by atoms with E-state index in [0.717, 1.165) is 5.56 Å². The van der Waals surface area contributed by atoms with Crippen molar-refractivity contribution in [2.24, 2.45) is 5.73 Å². The summed E-state index contributed by atoms with van der Waals surface area (Å²) in [6.07, 6.45) is 0.0981. The van der Waals surface area contributed by atoms with Crippen molar-refractivity contribution < 1.29 is 9.13 Å². The number of rotatable bonds is 6. The first-order chi connectivity index (χ1) is 10.1. The third-order valence-electron chi connectivity index (χ3n) is 3.35. The fourth-order valence-corrected chi connectivity index (χ4v) is 2.55. The number of ether oxygens (including phenoxy) is 1. The van der Waals surface area contributed by atoms with Gasteiger partial charge in [-0.05, 0) is 30.5 Å². The molecule has 21 heavy (non-hydrogen) atoms. The molecule has 0 amide bonds. The highest BCUT2D eigenvalue weighted by Crippen LogP contribution is 2.25. The fourth-order valence-electron chi connectivity index (χ4n) is 2.36. The molecule has 0 heterocycles. The van der Waals surface area contributed by atoms with Gasteiger partial charge < -0.3 is 10.5 Å². The molecule has 112 valence electrons. The summed E-state index contributed by atoms with van der Waals surface area (Å²) in [7, 11) is 0. The molecule has 0 aliphatic carbocycles. The summed E-state index contributed by atoms with van der Waals surface area (Å²) in [4.78, 5) is 0. The highest BCUT2D eigenvalue weighted by atomic mass is 35.5. The predicted octanol–water partition coefficient (Wildman–Crippen LogP) is 4.13. The molecule has 0 aliphatic heterocycles. The second kappa shape index (κ2) is 7.55. The fraction of sp³-hybridized carbons (Fsp3) is 0.294. The highest BCUT2D eigenvalue weighted by Gasteiger charge is 2.22. The Morgan fingerprint density at radius 3 is 2.52 bits per heavy atom. The van der Waals surface area contributed by atoms with E-state index in [-0.39, 0.29) is 17.2 Å². The van der Waals surface area contributed by atoms with E-state index < -0.39 is 5.82 Å². The quantitative estimate of drug-likeness (QED) is 0.871. The number of hydrogen-bond acceptors (Lipinski definition) is 2.